The lowest BCUT2D eigenvalue weighted by Crippen LogP contribution is -2.32. The normalized spacial score (nSPS) is 14.4. The van der Waals surface area contributed by atoms with Gasteiger partial charge in [-0.15, -0.1) is 12.4 Å². The van der Waals surface area contributed by atoms with E-state index < -0.39 is 0 Å². The number of amides is 1. The maximum absolute atomic E-state index is 12.7. The van der Waals surface area contributed by atoms with E-state index in [1.165, 1.54) is 16.7 Å². The Labute approximate surface area is 189 Å². The Morgan fingerprint density at radius 2 is 1.73 bits per heavy atom. The van der Waals surface area contributed by atoms with Crippen molar-refractivity contribution >= 4 is 41.4 Å². The predicted molar refractivity (Wildman–Crippen MR) is 124 cm³/mol. The van der Waals surface area contributed by atoms with Crippen LogP contribution in [0.1, 0.15) is 52.7 Å². The first-order chi connectivity index (χ1) is 14.1. The van der Waals surface area contributed by atoms with Crippen molar-refractivity contribution in [3.8, 4) is 0 Å². The van der Waals surface area contributed by atoms with Gasteiger partial charge < -0.3 is 10.2 Å². The number of Topliss-reactive ketones (excluding diaryl/α,β-unsaturated/α-hetero) is 1. The van der Waals surface area contributed by atoms with Crippen LogP contribution in [0.5, 0.6) is 0 Å². The summed E-state index contributed by atoms with van der Waals surface area (Å²) in [5, 5.41) is 4.22. The van der Waals surface area contributed by atoms with E-state index in [-0.39, 0.29) is 24.1 Å². The van der Waals surface area contributed by atoms with Crippen molar-refractivity contribution in [1.29, 1.82) is 0 Å². The smallest absolute Gasteiger partial charge is 0.227 e. The molecule has 0 aromatic heterocycles. The van der Waals surface area contributed by atoms with Gasteiger partial charge >= 0.3 is 0 Å². The van der Waals surface area contributed by atoms with Gasteiger partial charge in [0.05, 0.1) is 5.69 Å². The second-order valence-corrected chi connectivity index (χ2v) is 8.38. The number of benzene rings is 2. The maximum atomic E-state index is 12.7. The number of aryl methyl sites for hydroxylation is 1. The van der Waals surface area contributed by atoms with Crippen molar-refractivity contribution in [3.05, 3.63) is 63.7 Å². The third-order valence-electron chi connectivity index (χ3n) is 5.88. The molecule has 0 saturated heterocycles. The summed E-state index contributed by atoms with van der Waals surface area (Å²) in [6, 6.07) is 12.0. The zero-order valence-electron chi connectivity index (χ0n) is 17.1. The summed E-state index contributed by atoms with van der Waals surface area (Å²) in [6.07, 6.45) is 5.64. The number of rotatable bonds is 9. The second-order valence-electron chi connectivity index (χ2n) is 7.95. The Bertz CT molecular complexity index is 912. The molecule has 0 atom stereocenters. The monoisotopic (exact) mass is 446 g/mol. The maximum Gasteiger partial charge on any atom is 0.227 e. The highest BCUT2D eigenvalue weighted by molar-refractivity contribution is 6.30. The molecule has 2 aliphatic heterocycles. The number of unbranched alkanes of at least 4 members (excludes halogenated alkanes) is 1. The molecular weight excluding hydrogens is 419 g/mol. The quantitative estimate of drug-likeness (QED) is 0.445. The lowest BCUT2D eigenvalue weighted by Gasteiger charge is -2.25. The summed E-state index contributed by atoms with van der Waals surface area (Å²) in [4.78, 5) is 26.6. The van der Waals surface area contributed by atoms with Crippen LogP contribution in [-0.4, -0.2) is 31.3 Å². The Morgan fingerprint density at radius 3 is 2.50 bits per heavy atom. The molecule has 4 rings (SSSR count). The molecule has 0 radical (unpaired) electrons. The van der Waals surface area contributed by atoms with E-state index in [0.29, 0.717) is 12.8 Å². The number of anilines is 1. The molecule has 1 N–H and O–H groups in total. The van der Waals surface area contributed by atoms with Gasteiger partial charge in [-0.05, 0) is 86.1 Å². The molecule has 2 aromatic carbocycles. The summed E-state index contributed by atoms with van der Waals surface area (Å²) >= 11 is 5.90. The molecule has 0 fully saturated rings. The molecule has 1 amide bonds. The third-order valence-corrected chi connectivity index (χ3v) is 6.14. The number of carbonyl (C=O) groups excluding carboxylic acids is 2. The number of nitrogens with one attached hydrogen (secondary N) is 1. The lowest BCUT2D eigenvalue weighted by atomic mass is 9.94. The molecule has 0 aliphatic carbocycles. The summed E-state index contributed by atoms with van der Waals surface area (Å²) in [5.74, 6) is 0.444. The van der Waals surface area contributed by atoms with Crippen LogP contribution in [0.25, 0.3) is 0 Å². The Hall–Kier alpha value is -1.88. The van der Waals surface area contributed by atoms with Gasteiger partial charge in [-0.1, -0.05) is 23.7 Å². The zero-order chi connectivity index (χ0) is 20.2. The van der Waals surface area contributed by atoms with Crippen LogP contribution in [0.4, 0.5) is 5.69 Å². The van der Waals surface area contributed by atoms with E-state index >= 15 is 0 Å². The van der Waals surface area contributed by atoms with E-state index in [0.717, 1.165) is 68.0 Å². The van der Waals surface area contributed by atoms with Gasteiger partial charge in [-0.25, -0.2) is 0 Å². The number of hydrogen-bond donors (Lipinski definition) is 1. The van der Waals surface area contributed by atoms with Crippen LogP contribution in [0.15, 0.2) is 36.4 Å². The average molecular weight is 447 g/mol. The minimum atomic E-state index is 0. The van der Waals surface area contributed by atoms with Gasteiger partial charge in [-0.2, -0.15) is 0 Å². The molecule has 2 heterocycles. The Balaban J connectivity index is 0.00000256. The van der Waals surface area contributed by atoms with Gasteiger partial charge in [0.1, 0.15) is 0 Å². The molecule has 0 spiro atoms. The first kappa shape index (κ1) is 22.8. The average Bonchev–Trinajstić information content (AvgIpc) is 3.16. The number of carbonyl (C=O) groups is 2. The fraction of sp³-hybridized carbons (Fsp3) is 0.417. The molecule has 30 heavy (non-hydrogen) atoms. The zero-order valence-corrected chi connectivity index (χ0v) is 18.7. The standard InChI is InChI=1S/C24H27ClN2O2.ClH/c25-21-7-4-17(5-8-21)10-13-26-12-2-1-3-22(28)20-15-18-6-9-23(29)27-14-11-19(16-20)24(18)27;/h4-5,7-8,15-16,26H,1-3,6,9-14H2;1H. The number of nitrogens with zero attached hydrogens (tertiary/aromatic N) is 1. The first-order valence-corrected chi connectivity index (χ1v) is 10.9. The van der Waals surface area contributed by atoms with E-state index in [1.807, 2.05) is 29.2 Å². The van der Waals surface area contributed by atoms with Crippen LogP contribution in [0, 0.1) is 0 Å². The summed E-state index contributed by atoms with van der Waals surface area (Å²) in [7, 11) is 0. The second kappa shape index (κ2) is 10.4. The highest BCUT2D eigenvalue weighted by Crippen LogP contribution is 2.37. The van der Waals surface area contributed by atoms with Crippen molar-refractivity contribution < 1.29 is 9.59 Å². The largest absolute Gasteiger partial charge is 0.316 e. The Morgan fingerprint density at radius 1 is 1.00 bits per heavy atom. The van der Waals surface area contributed by atoms with Crippen molar-refractivity contribution in [2.24, 2.45) is 0 Å². The number of halogens is 2. The molecule has 0 bridgehead atoms. The predicted octanol–water partition coefficient (Wildman–Crippen LogP) is 4.78. The van der Waals surface area contributed by atoms with E-state index in [2.05, 4.69) is 17.4 Å². The minimum Gasteiger partial charge on any atom is -0.316 e. The highest BCUT2D eigenvalue weighted by Gasteiger charge is 2.31. The van der Waals surface area contributed by atoms with E-state index in [4.69, 9.17) is 11.6 Å². The third kappa shape index (κ3) is 5.23. The SMILES string of the molecule is Cl.O=C(CCCCNCCc1ccc(Cl)cc1)c1cc2c3c(c1)CCN3C(=O)CC2. The van der Waals surface area contributed by atoms with E-state index in [1.54, 1.807) is 0 Å². The van der Waals surface area contributed by atoms with Crippen LogP contribution in [-0.2, 0) is 24.1 Å². The molecule has 0 saturated carbocycles. The van der Waals surface area contributed by atoms with Crippen LogP contribution in [0.2, 0.25) is 5.02 Å². The van der Waals surface area contributed by atoms with Crippen molar-refractivity contribution in [2.75, 3.05) is 24.5 Å². The lowest BCUT2D eigenvalue weighted by molar-refractivity contribution is -0.118. The van der Waals surface area contributed by atoms with Gasteiger partial charge in [0.15, 0.2) is 5.78 Å². The molecule has 160 valence electrons. The Kier molecular flexibility index (Phi) is 7.93. The molecular formula is C24H28Cl2N2O2. The molecule has 4 nitrogen and oxygen atoms in total. The van der Waals surface area contributed by atoms with Crippen molar-refractivity contribution in [1.82, 2.24) is 5.32 Å². The first-order valence-electron chi connectivity index (χ1n) is 10.6. The fourth-order valence-electron chi connectivity index (χ4n) is 4.31. The minimum absolute atomic E-state index is 0. The van der Waals surface area contributed by atoms with Crippen LogP contribution < -0.4 is 10.2 Å². The number of hydrogen-bond acceptors (Lipinski definition) is 3. The van der Waals surface area contributed by atoms with E-state index in [9.17, 15) is 9.59 Å². The fourth-order valence-corrected chi connectivity index (χ4v) is 4.43. The van der Waals surface area contributed by atoms with Gasteiger partial charge in [0.2, 0.25) is 5.91 Å². The van der Waals surface area contributed by atoms with Crippen LogP contribution in [0.3, 0.4) is 0 Å². The summed E-state index contributed by atoms with van der Waals surface area (Å²) in [5.41, 5.74) is 5.53. The topological polar surface area (TPSA) is 49.4 Å². The summed E-state index contributed by atoms with van der Waals surface area (Å²) in [6.45, 7) is 2.62. The molecule has 6 heteroatoms. The van der Waals surface area contributed by atoms with Gasteiger partial charge in [0, 0.05) is 30.0 Å². The highest BCUT2D eigenvalue weighted by atomic mass is 35.5. The number of ketones is 1. The molecule has 2 aromatic rings. The molecule has 2 aliphatic rings. The van der Waals surface area contributed by atoms with Crippen LogP contribution >= 0.6 is 24.0 Å². The van der Waals surface area contributed by atoms with Gasteiger partial charge in [0.25, 0.3) is 0 Å². The molecule has 0 unspecified atom stereocenters. The summed E-state index contributed by atoms with van der Waals surface area (Å²) < 4.78 is 0. The van der Waals surface area contributed by atoms with Gasteiger partial charge in [-0.3, -0.25) is 9.59 Å². The van der Waals surface area contributed by atoms with Crippen molar-refractivity contribution in [3.63, 3.8) is 0 Å². The van der Waals surface area contributed by atoms with Crippen molar-refractivity contribution in [2.45, 2.75) is 44.9 Å².